The Morgan fingerprint density at radius 3 is 2.17 bits per heavy atom. The van der Waals surface area contributed by atoms with Gasteiger partial charge in [-0.1, -0.05) is 0 Å². The fraction of sp³-hybridized carbons (Fsp3) is 0.0714. The molecule has 0 saturated heterocycles. The Hall–Kier alpha value is -3.49. The molecule has 9 heteroatoms. The smallest absolute Gasteiger partial charge is 0.343 e. The van der Waals surface area contributed by atoms with Crippen LogP contribution in [0.4, 0.5) is 11.4 Å². The molecule has 0 N–H and O–H groups in total. The lowest BCUT2D eigenvalue weighted by Gasteiger charge is -2.06. The Morgan fingerprint density at radius 2 is 1.65 bits per heavy atom. The van der Waals surface area contributed by atoms with Crippen LogP contribution < -0.4 is 9.47 Å². The monoisotopic (exact) mass is 318 g/mol. The van der Waals surface area contributed by atoms with Crippen molar-refractivity contribution in [2.45, 2.75) is 0 Å². The van der Waals surface area contributed by atoms with E-state index in [0.717, 1.165) is 18.2 Å². The van der Waals surface area contributed by atoms with Gasteiger partial charge in [-0.05, 0) is 24.3 Å². The third kappa shape index (κ3) is 3.59. The normalized spacial score (nSPS) is 9.96. The highest BCUT2D eigenvalue weighted by Gasteiger charge is 2.20. The van der Waals surface area contributed by atoms with Gasteiger partial charge >= 0.3 is 11.7 Å². The summed E-state index contributed by atoms with van der Waals surface area (Å²) < 4.78 is 9.86. The predicted octanol–water partition coefficient (Wildman–Crippen LogP) is 2.73. The van der Waals surface area contributed by atoms with Crippen LogP contribution in [0, 0.1) is 20.2 Å². The van der Waals surface area contributed by atoms with Gasteiger partial charge in [0.05, 0.1) is 28.6 Å². The summed E-state index contributed by atoms with van der Waals surface area (Å²) in [6.45, 7) is 0. The van der Waals surface area contributed by atoms with E-state index in [0.29, 0.717) is 0 Å². The maximum absolute atomic E-state index is 12.0. The lowest BCUT2D eigenvalue weighted by molar-refractivity contribution is -0.385. The predicted molar refractivity (Wildman–Crippen MR) is 77.7 cm³/mol. The van der Waals surface area contributed by atoms with Gasteiger partial charge in [-0.15, -0.1) is 0 Å². The molecular formula is C14H10N2O7. The van der Waals surface area contributed by atoms with E-state index in [1.807, 2.05) is 0 Å². The molecule has 0 saturated carbocycles. The summed E-state index contributed by atoms with van der Waals surface area (Å²) in [5.74, 6) is -0.876. The lowest BCUT2D eigenvalue weighted by atomic mass is 10.2. The Bertz CT molecular complexity index is 771. The summed E-state index contributed by atoms with van der Waals surface area (Å²) in [7, 11) is 1.35. The van der Waals surface area contributed by atoms with Gasteiger partial charge in [-0.25, -0.2) is 4.79 Å². The van der Waals surface area contributed by atoms with E-state index in [9.17, 15) is 25.0 Å². The second-order valence-corrected chi connectivity index (χ2v) is 4.28. The van der Waals surface area contributed by atoms with E-state index >= 15 is 0 Å². The molecular weight excluding hydrogens is 308 g/mol. The number of nitro groups is 2. The molecule has 2 rings (SSSR count). The number of methoxy groups -OCH3 is 1. The van der Waals surface area contributed by atoms with Crippen molar-refractivity contribution in [1.29, 1.82) is 0 Å². The Morgan fingerprint density at radius 1 is 1.00 bits per heavy atom. The number of nitrogens with zero attached hydrogens (tertiary/aromatic N) is 2. The number of hydrogen-bond donors (Lipinski definition) is 0. The van der Waals surface area contributed by atoms with Crippen molar-refractivity contribution in [3.63, 3.8) is 0 Å². The number of ether oxygens (including phenoxy) is 2. The van der Waals surface area contributed by atoms with Crippen molar-refractivity contribution in [3.8, 4) is 11.5 Å². The topological polar surface area (TPSA) is 122 Å². The van der Waals surface area contributed by atoms with Gasteiger partial charge in [0.2, 0.25) is 5.75 Å². The molecule has 23 heavy (non-hydrogen) atoms. The molecule has 0 aromatic heterocycles. The van der Waals surface area contributed by atoms with E-state index in [1.54, 1.807) is 0 Å². The molecule has 0 unspecified atom stereocenters. The van der Waals surface area contributed by atoms with Crippen molar-refractivity contribution in [1.82, 2.24) is 0 Å². The number of esters is 1. The largest absolute Gasteiger partial charge is 0.496 e. The highest BCUT2D eigenvalue weighted by Crippen LogP contribution is 2.31. The van der Waals surface area contributed by atoms with Crippen LogP contribution in [-0.4, -0.2) is 22.9 Å². The third-order valence-electron chi connectivity index (χ3n) is 2.88. The van der Waals surface area contributed by atoms with Crippen LogP contribution in [0.1, 0.15) is 10.4 Å². The van der Waals surface area contributed by atoms with Crippen LogP contribution in [-0.2, 0) is 0 Å². The maximum atomic E-state index is 12.0. The fourth-order valence-electron chi connectivity index (χ4n) is 1.73. The molecule has 2 aromatic carbocycles. The summed E-state index contributed by atoms with van der Waals surface area (Å²) in [6.07, 6.45) is 0. The molecule has 0 aliphatic heterocycles. The highest BCUT2D eigenvalue weighted by atomic mass is 16.6. The number of hydrogen-bond acceptors (Lipinski definition) is 7. The van der Waals surface area contributed by atoms with Crippen LogP contribution >= 0.6 is 0 Å². The zero-order chi connectivity index (χ0) is 17.0. The molecule has 2 aromatic rings. The molecule has 0 radical (unpaired) electrons. The van der Waals surface area contributed by atoms with Crippen molar-refractivity contribution >= 4 is 17.3 Å². The van der Waals surface area contributed by atoms with Gasteiger partial charge < -0.3 is 9.47 Å². The Balaban J connectivity index is 2.26. The van der Waals surface area contributed by atoms with Crippen molar-refractivity contribution in [2.75, 3.05) is 7.11 Å². The molecule has 0 atom stereocenters. The fourth-order valence-corrected chi connectivity index (χ4v) is 1.73. The summed E-state index contributed by atoms with van der Waals surface area (Å²) in [5, 5.41) is 21.6. The van der Waals surface area contributed by atoms with E-state index in [2.05, 4.69) is 0 Å². The van der Waals surface area contributed by atoms with Gasteiger partial charge in [0.1, 0.15) is 5.75 Å². The van der Waals surface area contributed by atoms with Gasteiger partial charge in [0.25, 0.3) is 5.69 Å². The average molecular weight is 318 g/mol. The van der Waals surface area contributed by atoms with E-state index in [1.165, 1.54) is 31.4 Å². The minimum atomic E-state index is -0.867. The van der Waals surface area contributed by atoms with E-state index < -0.39 is 21.5 Å². The molecule has 118 valence electrons. The second kappa shape index (κ2) is 6.52. The molecule has 0 aliphatic carbocycles. The SMILES string of the molecule is COc1ccc(OC(=O)c2ccc([N+](=O)[O-])cc2)c([N+](=O)[O-])c1. The van der Waals surface area contributed by atoms with Crippen LogP contribution in [0.25, 0.3) is 0 Å². The van der Waals surface area contributed by atoms with Gasteiger partial charge in [-0.2, -0.15) is 0 Å². The van der Waals surface area contributed by atoms with Crippen LogP contribution in [0.5, 0.6) is 11.5 Å². The first-order chi connectivity index (χ1) is 10.9. The minimum absolute atomic E-state index is 0.0284. The zero-order valence-corrected chi connectivity index (χ0v) is 11.8. The summed E-state index contributed by atoms with van der Waals surface area (Å²) in [6, 6.07) is 8.45. The Labute approximate surface area is 129 Å². The third-order valence-corrected chi connectivity index (χ3v) is 2.88. The molecule has 9 nitrogen and oxygen atoms in total. The molecule has 0 spiro atoms. The Kier molecular flexibility index (Phi) is 4.50. The molecule has 0 bridgehead atoms. The van der Waals surface area contributed by atoms with E-state index in [4.69, 9.17) is 9.47 Å². The first-order valence-corrected chi connectivity index (χ1v) is 6.21. The average Bonchev–Trinajstić information content (AvgIpc) is 2.55. The summed E-state index contributed by atoms with van der Waals surface area (Å²) in [4.78, 5) is 32.2. The number of carbonyl (C=O) groups excluding carboxylic acids is 1. The lowest BCUT2D eigenvalue weighted by Crippen LogP contribution is -2.09. The van der Waals surface area contributed by atoms with Crippen molar-refractivity contribution in [3.05, 3.63) is 68.3 Å². The number of carbonyl (C=O) groups is 1. The first kappa shape index (κ1) is 15.9. The van der Waals surface area contributed by atoms with Gasteiger partial charge in [0, 0.05) is 12.1 Å². The van der Waals surface area contributed by atoms with Crippen LogP contribution in [0.3, 0.4) is 0 Å². The zero-order valence-electron chi connectivity index (χ0n) is 11.8. The number of rotatable bonds is 5. The van der Waals surface area contributed by atoms with Crippen molar-refractivity contribution < 1.29 is 24.1 Å². The van der Waals surface area contributed by atoms with Crippen LogP contribution in [0.15, 0.2) is 42.5 Å². The molecule has 0 fully saturated rings. The molecule has 0 aliphatic rings. The van der Waals surface area contributed by atoms with Crippen molar-refractivity contribution in [2.24, 2.45) is 0 Å². The number of non-ortho nitro benzene ring substituents is 1. The van der Waals surface area contributed by atoms with Crippen LogP contribution in [0.2, 0.25) is 0 Å². The number of benzene rings is 2. The molecule has 0 heterocycles. The highest BCUT2D eigenvalue weighted by molar-refractivity contribution is 5.91. The molecule has 0 amide bonds. The quantitative estimate of drug-likeness (QED) is 0.359. The maximum Gasteiger partial charge on any atom is 0.343 e. The second-order valence-electron chi connectivity index (χ2n) is 4.28. The van der Waals surface area contributed by atoms with Gasteiger partial charge in [-0.3, -0.25) is 20.2 Å². The summed E-state index contributed by atoms with van der Waals surface area (Å²) in [5.41, 5.74) is -0.586. The summed E-state index contributed by atoms with van der Waals surface area (Å²) >= 11 is 0. The van der Waals surface area contributed by atoms with E-state index in [-0.39, 0.29) is 22.7 Å². The standard InChI is InChI=1S/C14H10N2O7/c1-22-11-6-7-13(12(8-11)16(20)21)23-14(17)9-2-4-10(5-3-9)15(18)19/h2-8H,1H3. The number of nitro benzene ring substituents is 2. The van der Waals surface area contributed by atoms with Gasteiger partial charge in [0.15, 0.2) is 0 Å². The first-order valence-electron chi connectivity index (χ1n) is 6.21. The minimum Gasteiger partial charge on any atom is -0.496 e.